The summed E-state index contributed by atoms with van der Waals surface area (Å²) in [5.41, 5.74) is 0. The van der Waals surface area contributed by atoms with Gasteiger partial charge < -0.3 is 9.15 Å². The van der Waals surface area contributed by atoms with Crippen LogP contribution in [0.5, 0.6) is 0 Å². The number of rotatable bonds is 4. The molecule has 0 atom stereocenters. The highest BCUT2D eigenvalue weighted by atomic mass is 16.5. The van der Waals surface area contributed by atoms with Crippen LogP contribution in [0.25, 0.3) is 0 Å². The van der Waals surface area contributed by atoms with Gasteiger partial charge in [0, 0.05) is 0 Å². The van der Waals surface area contributed by atoms with E-state index < -0.39 is 24.4 Å². The second-order valence-electron chi connectivity index (χ2n) is 3.62. The van der Waals surface area contributed by atoms with E-state index in [1.54, 1.807) is 13.8 Å². The molecule has 0 aliphatic carbocycles. The summed E-state index contributed by atoms with van der Waals surface area (Å²) in [4.78, 5) is 33.6. The van der Waals surface area contributed by atoms with Gasteiger partial charge in [0.05, 0.1) is 12.2 Å². The van der Waals surface area contributed by atoms with E-state index in [1.165, 1.54) is 18.4 Å². The summed E-state index contributed by atoms with van der Waals surface area (Å²) in [6.07, 6.45) is 1.32. The lowest BCUT2D eigenvalue weighted by molar-refractivity contribution is -0.151. The molecule has 0 aliphatic heterocycles. The van der Waals surface area contributed by atoms with E-state index in [4.69, 9.17) is 4.42 Å². The predicted octanol–water partition coefficient (Wildman–Crippen LogP) is 0.735. The standard InChI is InChI=1S/C11H13NO5/c1-7(2)11(15)17-6-9(13)12-10(14)8-4-3-5-16-8/h3-5,7H,6H2,1-2H3,(H,12,13,14). The third-order valence-electron chi connectivity index (χ3n) is 1.81. The molecule has 6 nitrogen and oxygen atoms in total. The SMILES string of the molecule is CC(C)C(=O)OCC(=O)NC(=O)c1ccco1. The summed E-state index contributed by atoms with van der Waals surface area (Å²) < 4.78 is 9.44. The Hall–Kier alpha value is -2.11. The minimum absolute atomic E-state index is 0.0218. The molecule has 0 saturated carbocycles. The van der Waals surface area contributed by atoms with Crippen molar-refractivity contribution in [3.8, 4) is 0 Å². The Balaban J connectivity index is 2.35. The molecule has 0 spiro atoms. The number of carbonyl (C=O) groups excluding carboxylic acids is 3. The maximum absolute atomic E-state index is 11.3. The predicted molar refractivity (Wildman–Crippen MR) is 57.0 cm³/mol. The summed E-state index contributed by atoms with van der Waals surface area (Å²) in [6, 6.07) is 2.95. The topological polar surface area (TPSA) is 85.6 Å². The van der Waals surface area contributed by atoms with Crippen molar-refractivity contribution >= 4 is 17.8 Å². The molecule has 0 aliphatic rings. The van der Waals surface area contributed by atoms with Crippen LogP contribution < -0.4 is 5.32 Å². The monoisotopic (exact) mass is 239 g/mol. The molecule has 0 radical (unpaired) electrons. The molecule has 92 valence electrons. The second-order valence-corrected chi connectivity index (χ2v) is 3.62. The van der Waals surface area contributed by atoms with Gasteiger partial charge in [-0.1, -0.05) is 13.8 Å². The Morgan fingerprint density at radius 3 is 2.65 bits per heavy atom. The maximum atomic E-state index is 11.3. The zero-order chi connectivity index (χ0) is 12.8. The molecule has 0 aromatic carbocycles. The first-order chi connectivity index (χ1) is 8.00. The number of furan rings is 1. The summed E-state index contributed by atoms with van der Waals surface area (Å²) in [6.45, 7) is 2.81. The van der Waals surface area contributed by atoms with Crippen molar-refractivity contribution < 1.29 is 23.5 Å². The van der Waals surface area contributed by atoms with Crippen molar-refractivity contribution in [1.29, 1.82) is 0 Å². The van der Waals surface area contributed by atoms with Crippen molar-refractivity contribution in [3.63, 3.8) is 0 Å². The van der Waals surface area contributed by atoms with Gasteiger partial charge in [-0.05, 0) is 12.1 Å². The molecular weight excluding hydrogens is 226 g/mol. The number of imide groups is 1. The second kappa shape index (κ2) is 5.83. The van der Waals surface area contributed by atoms with Gasteiger partial charge in [-0.15, -0.1) is 0 Å². The minimum Gasteiger partial charge on any atom is -0.459 e. The molecule has 0 bridgehead atoms. The van der Waals surface area contributed by atoms with Crippen molar-refractivity contribution in [2.75, 3.05) is 6.61 Å². The van der Waals surface area contributed by atoms with Crippen LogP contribution in [-0.4, -0.2) is 24.4 Å². The van der Waals surface area contributed by atoms with Crippen LogP contribution in [0.15, 0.2) is 22.8 Å². The van der Waals surface area contributed by atoms with Gasteiger partial charge in [0.25, 0.3) is 11.8 Å². The summed E-state index contributed by atoms with van der Waals surface area (Å²) in [5.74, 6) is -2.15. The number of amides is 2. The van der Waals surface area contributed by atoms with Crippen LogP contribution in [0.3, 0.4) is 0 Å². The molecule has 1 aromatic heterocycles. The van der Waals surface area contributed by atoms with E-state index in [2.05, 4.69) is 4.74 Å². The Kier molecular flexibility index (Phi) is 4.45. The number of esters is 1. The zero-order valence-electron chi connectivity index (χ0n) is 9.56. The number of nitrogens with one attached hydrogen (secondary N) is 1. The van der Waals surface area contributed by atoms with Gasteiger partial charge in [0.1, 0.15) is 0 Å². The Labute approximate surface area is 97.9 Å². The Morgan fingerprint density at radius 1 is 1.41 bits per heavy atom. The van der Waals surface area contributed by atoms with Crippen molar-refractivity contribution in [1.82, 2.24) is 5.32 Å². The fraction of sp³-hybridized carbons (Fsp3) is 0.364. The number of carbonyl (C=O) groups is 3. The Morgan fingerprint density at radius 2 is 2.12 bits per heavy atom. The number of hydrogen-bond acceptors (Lipinski definition) is 5. The first-order valence-electron chi connectivity index (χ1n) is 5.05. The molecule has 6 heteroatoms. The molecule has 0 unspecified atom stereocenters. The van der Waals surface area contributed by atoms with Gasteiger partial charge in [0.15, 0.2) is 12.4 Å². The molecule has 1 rings (SSSR count). The van der Waals surface area contributed by atoms with Gasteiger partial charge in [-0.2, -0.15) is 0 Å². The fourth-order valence-corrected chi connectivity index (χ4v) is 0.935. The molecule has 0 fully saturated rings. The third-order valence-corrected chi connectivity index (χ3v) is 1.81. The average Bonchev–Trinajstić information content (AvgIpc) is 2.78. The van der Waals surface area contributed by atoms with Gasteiger partial charge in [0.2, 0.25) is 0 Å². The fourth-order valence-electron chi connectivity index (χ4n) is 0.935. The first-order valence-corrected chi connectivity index (χ1v) is 5.05. The van der Waals surface area contributed by atoms with Crippen LogP contribution in [-0.2, 0) is 14.3 Å². The molecule has 0 saturated heterocycles. The third kappa shape index (κ3) is 4.10. The van der Waals surface area contributed by atoms with E-state index in [1.807, 2.05) is 5.32 Å². The highest BCUT2D eigenvalue weighted by Gasteiger charge is 2.15. The van der Waals surface area contributed by atoms with E-state index in [9.17, 15) is 14.4 Å². The minimum atomic E-state index is -0.694. The zero-order valence-corrected chi connectivity index (χ0v) is 9.56. The van der Waals surface area contributed by atoms with Crippen LogP contribution in [0.2, 0.25) is 0 Å². The average molecular weight is 239 g/mol. The molecule has 17 heavy (non-hydrogen) atoms. The van der Waals surface area contributed by atoms with Gasteiger partial charge in [-0.25, -0.2) is 0 Å². The largest absolute Gasteiger partial charge is 0.459 e. The Bertz CT molecular complexity index is 408. The lowest BCUT2D eigenvalue weighted by Crippen LogP contribution is -2.34. The van der Waals surface area contributed by atoms with Gasteiger partial charge in [-0.3, -0.25) is 19.7 Å². The summed E-state index contributed by atoms with van der Waals surface area (Å²) in [7, 11) is 0. The molecule has 1 heterocycles. The van der Waals surface area contributed by atoms with Crippen molar-refractivity contribution in [3.05, 3.63) is 24.2 Å². The van der Waals surface area contributed by atoms with Crippen molar-refractivity contribution in [2.24, 2.45) is 5.92 Å². The smallest absolute Gasteiger partial charge is 0.308 e. The van der Waals surface area contributed by atoms with Gasteiger partial charge >= 0.3 is 5.97 Å². The van der Waals surface area contributed by atoms with Crippen LogP contribution in [0, 0.1) is 5.92 Å². The summed E-state index contributed by atoms with van der Waals surface area (Å²) >= 11 is 0. The van der Waals surface area contributed by atoms with Crippen LogP contribution in [0.4, 0.5) is 0 Å². The lowest BCUT2D eigenvalue weighted by atomic mass is 10.2. The molecular formula is C11H13NO5. The van der Waals surface area contributed by atoms with Crippen LogP contribution in [0.1, 0.15) is 24.4 Å². The lowest BCUT2D eigenvalue weighted by Gasteiger charge is -2.06. The quantitative estimate of drug-likeness (QED) is 0.783. The maximum Gasteiger partial charge on any atom is 0.308 e. The van der Waals surface area contributed by atoms with E-state index in [-0.39, 0.29) is 11.7 Å². The normalized spacial score (nSPS) is 10.1. The van der Waals surface area contributed by atoms with Crippen molar-refractivity contribution in [2.45, 2.75) is 13.8 Å². The number of ether oxygens (including phenoxy) is 1. The first kappa shape index (κ1) is 13.0. The van der Waals surface area contributed by atoms with Crippen LogP contribution >= 0.6 is 0 Å². The molecule has 1 aromatic rings. The summed E-state index contributed by atoms with van der Waals surface area (Å²) in [5, 5.41) is 2.03. The molecule has 2 amide bonds. The highest BCUT2D eigenvalue weighted by molar-refractivity contribution is 6.03. The molecule has 1 N–H and O–H groups in total. The van der Waals surface area contributed by atoms with E-state index in [0.29, 0.717) is 0 Å². The number of hydrogen-bond donors (Lipinski definition) is 1. The van der Waals surface area contributed by atoms with E-state index in [0.717, 1.165) is 0 Å². The highest BCUT2D eigenvalue weighted by Crippen LogP contribution is 1.99. The van der Waals surface area contributed by atoms with E-state index >= 15 is 0 Å².